The molecule has 0 atom stereocenters. The molecule has 0 bridgehead atoms. The molecule has 0 amide bonds. The molecular weight excluding hydrogens is 374 g/mol. The molecule has 0 radical (unpaired) electrons. The molecule has 0 aromatic heterocycles. The summed E-state index contributed by atoms with van der Waals surface area (Å²) in [6, 6.07) is 10.6. The first kappa shape index (κ1) is 22.6. The largest absolute Gasteiger partial charge is 0.357 e. The fraction of sp³-hybridized carbons (Fsp3) is 0.650. The summed E-state index contributed by atoms with van der Waals surface area (Å²) >= 11 is 0. The molecule has 0 spiro atoms. The van der Waals surface area contributed by atoms with Crippen molar-refractivity contribution in [2.24, 2.45) is 4.99 Å². The van der Waals surface area contributed by atoms with Crippen molar-refractivity contribution >= 4 is 16.0 Å². The maximum Gasteiger partial charge on any atom is 0.213 e. The van der Waals surface area contributed by atoms with E-state index in [4.69, 9.17) is 4.99 Å². The minimum Gasteiger partial charge on any atom is -0.357 e. The van der Waals surface area contributed by atoms with E-state index in [2.05, 4.69) is 52.4 Å². The van der Waals surface area contributed by atoms with E-state index in [1.807, 2.05) is 0 Å². The van der Waals surface area contributed by atoms with Crippen LogP contribution in [0.5, 0.6) is 0 Å². The molecule has 1 aromatic carbocycles. The van der Waals surface area contributed by atoms with Crippen LogP contribution in [0.2, 0.25) is 0 Å². The molecule has 1 N–H and O–H groups in total. The van der Waals surface area contributed by atoms with Gasteiger partial charge in [0.2, 0.25) is 10.0 Å². The monoisotopic (exact) mass is 409 g/mol. The Balaban J connectivity index is 1.81. The molecule has 8 heteroatoms. The lowest BCUT2D eigenvalue weighted by atomic mass is 10.2. The maximum absolute atomic E-state index is 11.8. The molecule has 1 aromatic rings. The Hall–Kier alpha value is -1.64. The first-order valence-corrected chi connectivity index (χ1v) is 11.8. The maximum atomic E-state index is 11.8. The molecule has 1 heterocycles. The highest BCUT2D eigenvalue weighted by Gasteiger charge is 2.19. The third kappa shape index (κ3) is 7.07. The van der Waals surface area contributed by atoms with Crippen LogP contribution in [0, 0.1) is 0 Å². The number of guanidine groups is 1. The van der Waals surface area contributed by atoms with E-state index < -0.39 is 10.0 Å². The van der Waals surface area contributed by atoms with Crippen LogP contribution in [-0.2, 0) is 16.6 Å². The van der Waals surface area contributed by atoms with Crippen molar-refractivity contribution in [2.45, 2.75) is 26.8 Å². The van der Waals surface area contributed by atoms with Crippen LogP contribution in [0.4, 0.5) is 0 Å². The van der Waals surface area contributed by atoms with Crippen molar-refractivity contribution in [3.63, 3.8) is 0 Å². The Morgan fingerprint density at radius 1 is 1.14 bits per heavy atom. The molecule has 1 saturated heterocycles. The van der Waals surface area contributed by atoms with Gasteiger partial charge in [-0.2, -0.15) is 0 Å². The standard InChI is InChI=1S/C20H35N5O2S/c1-4-21-20(22-12-9-13-23(3)28(26,27)5-2)25-16-14-24(15-17-25)18-19-10-7-6-8-11-19/h6-8,10-11H,4-5,9,12-18H2,1-3H3,(H,21,22). The molecule has 158 valence electrons. The fourth-order valence-electron chi connectivity index (χ4n) is 3.22. The summed E-state index contributed by atoms with van der Waals surface area (Å²) in [6.07, 6.45) is 0.721. The summed E-state index contributed by atoms with van der Waals surface area (Å²) in [7, 11) is -1.47. The molecule has 28 heavy (non-hydrogen) atoms. The molecule has 7 nitrogen and oxygen atoms in total. The minimum atomic E-state index is -3.11. The van der Waals surface area contributed by atoms with Crippen molar-refractivity contribution < 1.29 is 8.42 Å². The molecule has 1 aliphatic rings. The van der Waals surface area contributed by atoms with Crippen LogP contribution in [0.15, 0.2) is 35.3 Å². The SMILES string of the molecule is CCNC(=NCCCN(C)S(=O)(=O)CC)N1CCN(Cc2ccccc2)CC1. The van der Waals surface area contributed by atoms with Crippen LogP contribution < -0.4 is 5.32 Å². The van der Waals surface area contributed by atoms with Crippen LogP contribution in [-0.4, -0.2) is 87.1 Å². The summed E-state index contributed by atoms with van der Waals surface area (Å²) in [5, 5.41) is 3.37. The van der Waals surface area contributed by atoms with Gasteiger partial charge in [0.05, 0.1) is 5.75 Å². The van der Waals surface area contributed by atoms with E-state index >= 15 is 0 Å². The summed E-state index contributed by atoms with van der Waals surface area (Å²) in [4.78, 5) is 9.49. The quantitative estimate of drug-likeness (QED) is 0.380. The van der Waals surface area contributed by atoms with Crippen LogP contribution in [0.3, 0.4) is 0 Å². The number of hydrogen-bond donors (Lipinski definition) is 1. The Labute approximate surface area is 170 Å². The third-order valence-corrected chi connectivity index (χ3v) is 6.85. The number of nitrogens with zero attached hydrogens (tertiary/aromatic N) is 4. The zero-order chi connectivity index (χ0) is 20.4. The lowest BCUT2D eigenvalue weighted by Gasteiger charge is -2.36. The van der Waals surface area contributed by atoms with Gasteiger partial charge in [-0.15, -0.1) is 0 Å². The molecule has 0 aliphatic carbocycles. The van der Waals surface area contributed by atoms with Gasteiger partial charge < -0.3 is 10.2 Å². The summed E-state index contributed by atoms with van der Waals surface area (Å²) in [5.74, 6) is 1.07. The first-order valence-electron chi connectivity index (χ1n) is 10.2. The molecule has 1 aliphatic heterocycles. The average molecular weight is 410 g/mol. The predicted octanol–water partition coefficient (Wildman–Crippen LogP) is 1.44. The number of sulfonamides is 1. The summed E-state index contributed by atoms with van der Waals surface area (Å²) < 4.78 is 25.0. The van der Waals surface area contributed by atoms with Gasteiger partial charge in [0.25, 0.3) is 0 Å². The Kier molecular flexibility index (Phi) is 9.21. The highest BCUT2D eigenvalue weighted by molar-refractivity contribution is 7.89. The fourth-order valence-corrected chi connectivity index (χ4v) is 4.07. The number of piperazine rings is 1. The topological polar surface area (TPSA) is 68.2 Å². The Morgan fingerprint density at radius 3 is 2.43 bits per heavy atom. The third-order valence-electron chi connectivity index (χ3n) is 4.99. The van der Waals surface area contributed by atoms with E-state index in [1.54, 1.807) is 14.0 Å². The molecular formula is C20H35N5O2S. The number of rotatable bonds is 9. The zero-order valence-electron chi connectivity index (χ0n) is 17.5. The Morgan fingerprint density at radius 2 is 1.82 bits per heavy atom. The second-order valence-electron chi connectivity index (χ2n) is 7.06. The van der Waals surface area contributed by atoms with Crippen molar-refractivity contribution in [2.75, 3.05) is 58.6 Å². The van der Waals surface area contributed by atoms with E-state index in [0.717, 1.165) is 51.6 Å². The molecule has 1 fully saturated rings. The Bertz CT molecular complexity index is 701. The van der Waals surface area contributed by atoms with Crippen molar-refractivity contribution in [1.82, 2.24) is 19.4 Å². The van der Waals surface area contributed by atoms with Gasteiger partial charge in [-0.25, -0.2) is 12.7 Å². The van der Waals surface area contributed by atoms with Crippen LogP contribution in [0.1, 0.15) is 25.8 Å². The second kappa shape index (κ2) is 11.4. The number of hydrogen-bond acceptors (Lipinski definition) is 4. The van der Waals surface area contributed by atoms with E-state index in [-0.39, 0.29) is 5.75 Å². The van der Waals surface area contributed by atoms with Crippen LogP contribution in [0.25, 0.3) is 0 Å². The van der Waals surface area contributed by atoms with Gasteiger partial charge in [-0.1, -0.05) is 30.3 Å². The van der Waals surface area contributed by atoms with Crippen molar-refractivity contribution in [1.29, 1.82) is 0 Å². The molecule has 0 unspecified atom stereocenters. The number of aliphatic imine (C=N–C) groups is 1. The lowest BCUT2D eigenvalue weighted by Crippen LogP contribution is -2.52. The van der Waals surface area contributed by atoms with E-state index in [1.165, 1.54) is 9.87 Å². The average Bonchev–Trinajstić information content (AvgIpc) is 2.71. The summed E-state index contributed by atoms with van der Waals surface area (Å²) in [5.41, 5.74) is 1.35. The van der Waals surface area contributed by atoms with Gasteiger partial charge in [0.1, 0.15) is 0 Å². The normalized spacial score (nSPS) is 16.6. The van der Waals surface area contributed by atoms with Crippen LogP contribution >= 0.6 is 0 Å². The molecule has 0 saturated carbocycles. The highest BCUT2D eigenvalue weighted by Crippen LogP contribution is 2.09. The van der Waals surface area contributed by atoms with E-state index in [0.29, 0.717) is 13.1 Å². The molecule has 2 rings (SSSR count). The van der Waals surface area contributed by atoms with Gasteiger partial charge in [-0.3, -0.25) is 9.89 Å². The van der Waals surface area contributed by atoms with Gasteiger partial charge in [0.15, 0.2) is 5.96 Å². The van der Waals surface area contributed by atoms with Gasteiger partial charge >= 0.3 is 0 Å². The van der Waals surface area contributed by atoms with Gasteiger partial charge in [0, 0.05) is 59.4 Å². The van der Waals surface area contributed by atoms with Crippen molar-refractivity contribution in [3.8, 4) is 0 Å². The lowest BCUT2D eigenvalue weighted by molar-refractivity contribution is 0.172. The smallest absolute Gasteiger partial charge is 0.213 e. The summed E-state index contributed by atoms with van der Waals surface area (Å²) in [6.45, 7) is 10.6. The number of nitrogens with one attached hydrogen (secondary N) is 1. The number of benzene rings is 1. The van der Waals surface area contributed by atoms with Gasteiger partial charge in [-0.05, 0) is 25.8 Å². The predicted molar refractivity (Wildman–Crippen MR) is 116 cm³/mol. The highest BCUT2D eigenvalue weighted by atomic mass is 32.2. The first-order chi connectivity index (χ1) is 13.5. The zero-order valence-corrected chi connectivity index (χ0v) is 18.3. The van der Waals surface area contributed by atoms with Crippen molar-refractivity contribution in [3.05, 3.63) is 35.9 Å². The second-order valence-corrected chi connectivity index (χ2v) is 9.42. The van der Waals surface area contributed by atoms with E-state index in [9.17, 15) is 8.42 Å². The minimum absolute atomic E-state index is 0.142.